The van der Waals surface area contributed by atoms with Crippen molar-refractivity contribution in [3.63, 3.8) is 0 Å². The first-order chi connectivity index (χ1) is 8.49. The first kappa shape index (κ1) is 15.0. The second-order valence-electron chi connectivity index (χ2n) is 5.11. The highest BCUT2D eigenvalue weighted by Crippen LogP contribution is 2.24. The van der Waals surface area contributed by atoms with Crippen LogP contribution in [0.2, 0.25) is 0 Å². The predicted octanol–water partition coefficient (Wildman–Crippen LogP) is 1.11. The van der Waals surface area contributed by atoms with Gasteiger partial charge in [0.15, 0.2) is 0 Å². The van der Waals surface area contributed by atoms with E-state index in [1.165, 1.54) is 0 Å². The Morgan fingerprint density at radius 1 is 1.28 bits per heavy atom. The number of hydrogen-bond acceptors (Lipinski definition) is 3. The fourth-order valence-corrected chi connectivity index (χ4v) is 2.43. The highest BCUT2D eigenvalue weighted by atomic mass is 16.4. The van der Waals surface area contributed by atoms with Gasteiger partial charge in [-0.25, -0.2) is 0 Å². The molecule has 0 bridgehead atoms. The van der Waals surface area contributed by atoms with Crippen molar-refractivity contribution in [3.05, 3.63) is 0 Å². The molecule has 1 saturated heterocycles. The van der Waals surface area contributed by atoms with Crippen LogP contribution in [0.1, 0.15) is 39.5 Å². The van der Waals surface area contributed by atoms with E-state index in [1.54, 1.807) is 18.7 Å². The summed E-state index contributed by atoms with van der Waals surface area (Å²) in [6, 6.07) is 0.0692. The summed E-state index contributed by atoms with van der Waals surface area (Å²) in [5.74, 6) is -2.22. The molecule has 5 heteroatoms. The Balaban J connectivity index is 2.70. The van der Waals surface area contributed by atoms with Crippen molar-refractivity contribution in [1.82, 2.24) is 4.90 Å². The molecule has 0 aromatic carbocycles. The fourth-order valence-electron chi connectivity index (χ4n) is 2.43. The largest absolute Gasteiger partial charge is 0.481 e. The van der Waals surface area contributed by atoms with Crippen LogP contribution in [0.25, 0.3) is 0 Å². The lowest BCUT2D eigenvalue weighted by atomic mass is 9.91. The van der Waals surface area contributed by atoms with Gasteiger partial charge < -0.3 is 15.1 Å². The number of nitrogens with zero attached hydrogens (tertiary/aromatic N) is 1. The quantitative estimate of drug-likeness (QED) is 0.773. The van der Waals surface area contributed by atoms with Crippen molar-refractivity contribution < 1.29 is 19.8 Å². The molecule has 0 spiro atoms. The van der Waals surface area contributed by atoms with Crippen molar-refractivity contribution in [3.8, 4) is 0 Å². The molecular formula is C13H23NO4. The smallest absolute Gasteiger partial charge is 0.307 e. The van der Waals surface area contributed by atoms with Crippen molar-refractivity contribution in [2.24, 2.45) is 11.8 Å². The molecule has 18 heavy (non-hydrogen) atoms. The van der Waals surface area contributed by atoms with Gasteiger partial charge in [-0.3, -0.25) is 9.59 Å². The summed E-state index contributed by atoms with van der Waals surface area (Å²) in [6.07, 6.45) is 3.51. The standard InChI is InChI=1S/C13H23NO4/c1-9(10(2)13(17)18)12(16)14-7-4-3-5-11(14)6-8-15/h9-11,15H,3-8H2,1-2H3,(H,17,18). The molecule has 5 nitrogen and oxygen atoms in total. The number of amides is 1. The molecule has 0 aromatic rings. The number of aliphatic carboxylic acids is 1. The summed E-state index contributed by atoms with van der Waals surface area (Å²) in [4.78, 5) is 25.0. The molecule has 3 atom stereocenters. The summed E-state index contributed by atoms with van der Waals surface area (Å²) in [5.41, 5.74) is 0. The zero-order valence-electron chi connectivity index (χ0n) is 11.1. The number of piperidine rings is 1. The van der Waals surface area contributed by atoms with Crippen LogP contribution in [0.3, 0.4) is 0 Å². The van der Waals surface area contributed by atoms with Gasteiger partial charge in [-0.05, 0) is 25.7 Å². The molecule has 3 unspecified atom stereocenters. The maximum absolute atomic E-state index is 12.3. The topological polar surface area (TPSA) is 77.8 Å². The number of rotatable bonds is 5. The first-order valence-corrected chi connectivity index (χ1v) is 6.63. The summed E-state index contributed by atoms with van der Waals surface area (Å²) < 4.78 is 0. The van der Waals surface area contributed by atoms with Gasteiger partial charge in [-0.2, -0.15) is 0 Å². The number of aliphatic hydroxyl groups excluding tert-OH is 1. The molecule has 2 N–H and O–H groups in total. The minimum Gasteiger partial charge on any atom is -0.481 e. The molecule has 1 fully saturated rings. The monoisotopic (exact) mass is 257 g/mol. The van der Waals surface area contributed by atoms with E-state index >= 15 is 0 Å². The second-order valence-corrected chi connectivity index (χ2v) is 5.11. The molecule has 1 heterocycles. The highest BCUT2D eigenvalue weighted by molar-refractivity contribution is 5.84. The number of hydrogen-bond donors (Lipinski definition) is 2. The molecule has 0 aromatic heterocycles. The average Bonchev–Trinajstić information content (AvgIpc) is 2.37. The molecule has 1 aliphatic heterocycles. The second kappa shape index (κ2) is 6.73. The Morgan fingerprint density at radius 2 is 1.94 bits per heavy atom. The Hall–Kier alpha value is -1.10. The number of carbonyl (C=O) groups is 2. The maximum Gasteiger partial charge on any atom is 0.307 e. The van der Waals surface area contributed by atoms with Crippen molar-refractivity contribution in [1.29, 1.82) is 0 Å². The zero-order valence-corrected chi connectivity index (χ0v) is 11.1. The van der Waals surface area contributed by atoms with E-state index in [9.17, 15) is 9.59 Å². The van der Waals surface area contributed by atoms with E-state index in [-0.39, 0.29) is 18.6 Å². The minimum absolute atomic E-state index is 0.0668. The third-order valence-corrected chi connectivity index (χ3v) is 3.90. The van der Waals surface area contributed by atoms with Crippen LogP contribution in [0.4, 0.5) is 0 Å². The molecular weight excluding hydrogens is 234 g/mol. The maximum atomic E-state index is 12.3. The SMILES string of the molecule is CC(C(=O)O)C(C)C(=O)N1CCCCC1CCO. The summed E-state index contributed by atoms with van der Waals surface area (Å²) in [5, 5.41) is 18.0. The first-order valence-electron chi connectivity index (χ1n) is 6.63. The highest BCUT2D eigenvalue weighted by Gasteiger charge is 2.33. The molecule has 1 aliphatic rings. The van der Waals surface area contributed by atoms with E-state index in [4.69, 9.17) is 10.2 Å². The van der Waals surface area contributed by atoms with Gasteiger partial charge in [-0.1, -0.05) is 13.8 Å². The normalized spacial score (nSPS) is 23.5. The van der Waals surface area contributed by atoms with Crippen molar-refractivity contribution in [2.75, 3.05) is 13.2 Å². The van der Waals surface area contributed by atoms with E-state index in [0.29, 0.717) is 13.0 Å². The van der Waals surface area contributed by atoms with Crippen LogP contribution >= 0.6 is 0 Å². The van der Waals surface area contributed by atoms with Crippen molar-refractivity contribution >= 4 is 11.9 Å². The van der Waals surface area contributed by atoms with Crippen LogP contribution in [0, 0.1) is 11.8 Å². The predicted molar refractivity (Wildman–Crippen MR) is 67.0 cm³/mol. The lowest BCUT2D eigenvalue weighted by Gasteiger charge is -2.37. The van der Waals surface area contributed by atoms with Crippen LogP contribution < -0.4 is 0 Å². The Morgan fingerprint density at radius 3 is 2.50 bits per heavy atom. The Labute approximate surface area is 108 Å². The molecule has 0 radical (unpaired) electrons. The molecule has 0 aliphatic carbocycles. The summed E-state index contributed by atoms with van der Waals surface area (Å²) in [6.45, 7) is 3.99. The van der Waals surface area contributed by atoms with Crippen LogP contribution in [0.15, 0.2) is 0 Å². The molecule has 104 valence electrons. The van der Waals surface area contributed by atoms with E-state index in [1.807, 2.05) is 0 Å². The van der Waals surface area contributed by atoms with Gasteiger partial charge in [0, 0.05) is 25.1 Å². The lowest BCUT2D eigenvalue weighted by molar-refractivity contribution is -0.150. The number of carboxylic acid groups (broad SMARTS) is 1. The van der Waals surface area contributed by atoms with Gasteiger partial charge in [0.2, 0.25) is 5.91 Å². The third kappa shape index (κ3) is 3.45. The van der Waals surface area contributed by atoms with Crippen LogP contribution in [0.5, 0.6) is 0 Å². The minimum atomic E-state index is -0.938. The van der Waals surface area contributed by atoms with Gasteiger partial charge >= 0.3 is 5.97 Å². The van der Waals surface area contributed by atoms with Gasteiger partial charge in [0.1, 0.15) is 0 Å². The molecule has 0 saturated carbocycles. The van der Waals surface area contributed by atoms with Crippen LogP contribution in [-0.4, -0.2) is 46.2 Å². The molecule has 1 amide bonds. The number of likely N-dealkylation sites (tertiary alicyclic amines) is 1. The Kier molecular flexibility index (Phi) is 5.59. The fraction of sp³-hybridized carbons (Fsp3) is 0.846. The third-order valence-electron chi connectivity index (χ3n) is 3.90. The van der Waals surface area contributed by atoms with Gasteiger partial charge in [0.05, 0.1) is 5.92 Å². The van der Waals surface area contributed by atoms with Gasteiger partial charge in [0.25, 0.3) is 0 Å². The Bertz CT molecular complexity index is 303. The van der Waals surface area contributed by atoms with Gasteiger partial charge in [-0.15, -0.1) is 0 Å². The van der Waals surface area contributed by atoms with E-state index in [2.05, 4.69) is 0 Å². The lowest BCUT2D eigenvalue weighted by Crippen LogP contribution is -2.48. The van der Waals surface area contributed by atoms with Crippen LogP contribution in [-0.2, 0) is 9.59 Å². The molecule has 1 rings (SSSR count). The summed E-state index contributed by atoms with van der Waals surface area (Å²) >= 11 is 0. The van der Waals surface area contributed by atoms with Crippen molar-refractivity contribution in [2.45, 2.75) is 45.6 Å². The number of carboxylic acids is 1. The van der Waals surface area contributed by atoms with E-state index in [0.717, 1.165) is 19.3 Å². The number of carbonyl (C=O) groups excluding carboxylic acids is 1. The van der Waals surface area contributed by atoms with E-state index < -0.39 is 17.8 Å². The number of aliphatic hydroxyl groups is 1. The summed E-state index contributed by atoms with van der Waals surface area (Å²) in [7, 11) is 0. The average molecular weight is 257 g/mol. The zero-order chi connectivity index (χ0) is 13.7.